The van der Waals surface area contributed by atoms with Gasteiger partial charge in [-0.25, -0.2) is 0 Å². The van der Waals surface area contributed by atoms with E-state index in [2.05, 4.69) is 4.98 Å². The number of ether oxygens (including phenoxy) is 2. The number of nitro groups is 1. The molecule has 0 saturated heterocycles. The van der Waals surface area contributed by atoms with E-state index in [4.69, 9.17) is 9.47 Å². The molecule has 130 valence electrons. The van der Waals surface area contributed by atoms with Gasteiger partial charge >= 0.3 is 5.82 Å². The van der Waals surface area contributed by atoms with Gasteiger partial charge in [0.1, 0.15) is 12.4 Å². The summed E-state index contributed by atoms with van der Waals surface area (Å²) >= 11 is 0. The molecule has 0 bridgehead atoms. The fourth-order valence-electron chi connectivity index (χ4n) is 2.55. The lowest BCUT2D eigenvalue weighted by Crippen LogP contribution is -2.46. The Morgan fingerprint density at radius 3 is 2.88 bits per heavy atom. The molecule has 0 aliphatic carbocycles. The molecule has 25 heavy (non-hydrogen) atoms. The largest absolute Gasteiger partial charge is 0.492 e. The highest BCUT2D eigenvalue weighted by molar-refractivity contribution is 5.98. The quantitative estimate of drug-likeness (QED) is 0.611. The van der Waals surface area contributed by atoms with E-state index in [9.17, 15) is 14.9 Å². The molecule has 3 rings (SSSR count). The van der Waals surface area contributed by atoms with Crippen molar-refractivity contribution in [2.24, 2.45) is 0 Å². The van der Waals surface area contributed by atoms with Crippen LogP contribution in [0.4, 0.5) is 11.6 Å². The first-order chi connectivity index (χ1) is 12.0. The summed E-state index contributed by atoms with van der Waals surface area (Å²) < 4.78 is 11.1. The van der Waals surface area contributed by atoms with Crippen molar-refractivity contribution in [3.05, 3.63) is 52.1 Å². The zero-order valence-electron chi connectivity index (χ0n) is 13.8. The normalized spacial score (nSPS) is 16.2. The summed E-state index contributed by atoms with van der Waals surface area (Å²) in [6.45, 7) is 4.02. The lowest BCUT2D eigenvalue weighted by molar-refractivity contribution is -0.389. The second-order valence-corrected chi connectivity index (χ2v) is 5.66. The molecule has 8 nitrogen and oxygen atoms in total. The third-order valence-electron chi connectivity index (χ3n) is 3.76. The van der Waals surface area contributed by atoms with Gasteiger partial charge in [-0.15, -0.1) is 0 Å². The molecule has 2 heterocycles. The Hall–Kier alpha value is -3.16. The number of nitrogens with zero attached hydrogens (tertiary/aromatic N) is 3. The smallest absolute Gasteiger partial charge is 0.366 e. The molecule has 1 unspecified atom stereocenters. The van der Waals surface area contributed by atoms with Crippen LogP contribution in [0.15, 0.2) is 36.4 Å². The molecular weight excluding hydrogens is 326 g/mol. The highest BCUT2D eigenvalue weighted by Crippen LogP contribution is 2.33. The van der Waals surface area contributed by atoms with E-state index in [1.165, 1.54) is 17.0 Å². The molecule has 1 atom stereocenters. The van der Waals surface area contributed by atoms with Crippen LogP contribution in [0.3, 0.4) is 0 Å². The Bertz CT molecular complexity index is 824. The Balaban J connectivity index is 1.79. The molecule has 1 aliphatic rings. The number of rotatable bonds is 5. The lowest BCUT2D eigenvalue weighted by Gasteiger charge is -2.29. The van der Waals surface area contributed by atoms with E-state index in [-0.39, 0.29) is 30.7 Å². The second-order valence-electron chi connectivity index (χ2n) is 5.66. The van der Waals surface area contributed by atoms with E-state index in [1.807, 2.05) is 31.2 Å². The molecule has 1 aromatic carbocycles. The number of benzene rings is 1. The number of hydrogen-bond acceptors (Lipinski definition) is 6. The molecule has 2 aromatic rings. The van der Waals surface area contributed by atoms with Crippen LogP contribution < -0.4 is 14.4 Å². The molecule has 1 amide bonds. The molecule has 1 aliphatic heterocycles. The average molecular weight is 343 g/mol. The summed E-state index contributed by atoms with van der Waals surface area (Å²) in [4.78, 5) is 28.1. The summed E-state index contributed by atoms with van der Waals surface area (Å²) in [6, 6.07) is 10.3. The Morgan fingerprint density at radius 1 is 1.36 bits per heavy atom. The van der Waals surface area contributed by atoms with E-state index in [0.29, 0.717) is 11.5 Å². The topological polar surface area (TPSA) is 94.8 Å². The van der Waals surface area contributed by atoms with Crippen molar-refractivity contribution in [1.82, 2.24) is 4.98 Å². The van der Waals surface area contributed by atoms with Crippen molar-refractivity contribution < 1.29 is 19.2 Å². The van der Waals surface area contributed by atoms with Crippen LogP contribution >= 0.6 is 0 Å². The summed E-state index contributed by atoms with van der Waals surface area (Å²) in [7, 11) is 0. The number of fused-ring (bicyclic) bond motifs is 1. The van der Waals surface area contributed by atoms with Gasteiger partial charge < -0.3 is 19.6 Å². The number of hydrogen-bond donors (Lipinski definition) is 0. The maximum Gasteiger partial charge on any atom is 0.366 e. The van der Waals surface area contributed by atoms with Crippen molar-refractivity contribution in [3.8, 4) is 11.5 Å². The highest BCUT2D eigenvalue weighted by atomic mass is 16.6. The number of anilines is 1. The van der Waals surface area contributed by atoms with Gasteiger partial charge in [-0.2, -0.15) is 0 Å². The van der Waals surface area contributed by atoms with Gasteiger partial charge in [0.05, 0.1) is 6.54 Å². The third-order valence-corrected chi connectivity index (χ3v) is 3.76. The SMILES string of the molecule is Cc1cccc(OCCN2C(=O)C(C)Oc3ccc([N+](=O)[O-])nc32)c1. The summed E-state index contributed by atoms with van der Waals surface area (Å²) in [5, 5.41) is 10.9. The van der Waals surface area contributed by atoms with Crippen molar-refractivity contribution in [3.63, 3.8) is 0 Å². The van der Waals surface area contributed by atoms with Crippen LogP contribution in [0.1, 0.15) is 12.5 Å². The second kappa shape index (κ2) is 6.76. The zero-order chi connectivity index (χ0) is 18.0. The van der Waals surface area contributed by atoms with Crippen LogP contribution in [-0.4, -0.2) is 35.1 Å². The minimum absolute atomic E-state index is 0.144. The van der Waals surface area contributed by atoms with E-state index in [1.54, 1.807) is 6.92 Å². The molecule has 0 radical (unpaired) electrons. The first-order valence-corrected chi connectivity index (χ1v) is 7.78. The van der Waals surface area contributed by atoms with Crippen LogP contribution in [0, 0.1) is 17.0 Å². The molecule has 0 spiro atoms. The molecule has 0 fully saturated rings. The first kappa shape index (κ1) is 16.7. The van der Waals surface area contributed by atoms with Crippen LogP contribution in [-0.2, 0) is 4.79 Å². The summed E-state index contributed by atoms with van der Waals surface area (Å²) in [5.74, 6) is 0.530. The van der Waals surface area contributed by atoms with E-state index in [0.717, 1.165) is 5.56 Å². The fourth-order valence-corrected chi connectivity index (χ4v) is 2.55. The van der Waals surface area contributed by atoms with Gasteiger partial charge in [0.25, 0.3) is 11.7 Å². The molecule has 1 aromatic heterocycles. The fraction of sp³-hybridized carbons (Fsp3) is 0.294. The van der Waals surface area contributed by atoms with Crippen LogP contribution in [0.25, 0.3) is 0 Å². The van der Waals surface area contributed by atoms with Crippen molar-refractivity contribution >= 4 is 17.5 Å². The number of aryl methyl sites for hydroxylation is 1. The number of amides is 1. The Kier molecular flexibility index (Phi) is 4.51. The van der Waals surface area contributed by atoms with Gasteiger partial charge in [0, 0.05) is 6.07 Å². The van der Waals surface area contributed by atoms with Crippen molar-refractivity contribution in [2.75, 3.05) is 18.1 Å². The molecule has 0 saturated carbocycles. The van der Waals surface area contributed by atoms with Gasteiger partial charge in [-0.3, -0.25) is 9.69 Å². The monoisotopic (exact) mass is 343 g/mol. The van der Waals surface area contributed by atoms with Crippen LogP contribution in [0.2, 0.25) is 0 Å². The van der Waals surface area contributed by atoms with Crippen molar-refractivity contribution in [2.45, 2.75) is 20.0 Å². The Labute approximate surface area is 144 Å². The minimum atomic E-state index is -0.685. The van der Waals surface area contributed by atoms with E-state index >= 15 is 0 Å². The highest BCUT2D eigenvalue weighted by Gasteiger charge is 2.36. The molecule has 8 heteroatoms. The predicted octanol–water partition coefficient (Wildman–Crippen LogP) is 2.49. The standard InChI is InChI=1S/C17H17N3O5/c1-11-4-3-5-13(10-11)24-9-8-19-16-14(25-12(2)17(19)21)6-7-15(18-16)20(22)23/h3-7,10,12H,8-9H2,1-2H3. The lowest BCUT2D eigenvalue weighted by atomic mass is 10.2. The minimum Gasteiger partial charge on any atom is -0.492 e. The van der Waals surface area contributed by atoms with Crippen molar-refractivity contribution in [1.29, 1.82) is 0 Å². The summed E-state index contributed by atoms with van der Waals surface area (Å²) in [6.07, 6.45) is -0.685. The summed E-state index contributed by atoms with van der Waals surface area (Å²) in [5.41, 5.74) is 1.07. The van der Waals surface area contributed by atoms with Gasteiger partial charge in [-0.05, 0) is 47.5 Å². The first-order valence-electron chi connectivity index (χ1n) is 7.78. The van der Waals surface area contributed by atoms with Gasteiger partial charge in [0.15, 0.2) is 11.9 Å². The molecule has 0 N–H and O–H groups in total. The zero-order valence-corrected chi connectivity index (χ0v) is 13.8. The number of pyridine rings is 1. The maximum absolute atomic E-state index is 12.4. The van der Waals surface area contributed by atoms with Crippen LogP contribution in [0.5, 0.6) is 11.5 Å². The van der Waals surface area contributed by atoms with Gasteiger partial charge in [-0.1, -0.05) is 12.1 Å². The number of carbonyl (C=O) groups excluding carboxylic acids is 1. The number of aromatic nitrogens is 1. The maximum atomic E-state index is 12.4. The van der Waals surface area contributed by atoms with E-state index < -0.39 is 11.0 Å². The van der Waals surface area contributed by atoms with Gasteiger partial charge in [0.2, 0.25) is 0 Å². The third kappa shape index (κ3) is 3.52. The molecular formula is C17H17N3O5. The average Bonchev–Trinajstić information content (AvgIpc) is 2.58. The Morgan fingerprint density at radius 2 is 2.16 bits per heavy atom. The predicted molar refractivity (Wildman–Crippen MR) is 90.0 cm³/mol. The number of carbonyl (C=O) groups is 1.